The second kappa shape index (κ2) is 11.4. The highest BCUT2D eigenvalue weighted by Crippen LogP contribution is 2.43. The van der Waals surface area contributed by atoms with Gasteiger partial charge in [-0.15, -0.1) is 6.58 Å². The highest BCUT2D eigenvalue weighted by molar-refractivity contribution is 6.30. The van der Waals surface area contributed by atoms with E-state index in [-0.39, 0.29) is 0 Å². The Morgan fingerprint density at radius 1 is 0.677 bits per heavy atom. The van der Waals surface area contributed by atoms with E-state index < -0.39 is 0 Å². The van der Waals surface area contributed by atoms with Crippen LogP contribution in [0.5, 0.6) is 0 Å². The second-order valence-corrected chi connectivity index (χ2v) is 10.6. The molecular weight excluding hydrogens is 396 g/mol. The number of halogens is 1. The van der Waals surface area contributed by atoms with Crippen molar-refractivity contribution < 1.29 is 0 Å². The van der Waals surface area contributed by atoms with E-state index in [4.69, 9.17) is 11.6 Å². The third-order valence-corrected chi connectivity index (χ3v) is 8.45. The number of allylic oxidation sites excluding steroid dienone is 1. The van der Waals surface area contributed by atoms with E-state index in [0.717, 1.165) is 28.7 Å². The summed E-state index contributed by atoms with van der Waals surface area (Å²) in [5.41, 5.74) is 4.00. The lowest BCUT2D eigenvalue weighted by Gasteiger charge is -2.38. The van der Waals surface area contributed by atoms with Crippen LogP contribution in [-0.4, -0.2) is 0 Å². The summed E-state index contributed by atoms with van der Waals surface area (Å²) in [4.78, 5) is 0. The molecule has 0 atom stereocenters. The molecule has 166 valence electrons. The molecule has 1 heteroatoms. The molecule has 0 amide bonds. The molecule has 0 nitrogen and oxygen atoms in total. The van der Waals surface area contributed by atoms with Gasteiger partial charge in [-0.2, -0.15) is 0 Å². The van der Waals surface area contributed by atoms with Crippen LogP contribution in [-0.2, 0) is 6.42 Å². The van der Waals surface area contributed by atoms with Gasteiger partial charge in [-0.1, -0.05) is 79.8 Å². The maximum absolute atomic E-state index is 6.01. The van der Waals surface area contributed by atoms with Crippen molar-refractivity contribution in [3.05, 3.63) is 71.8 Å². The SMILES string of the molecule is C=CCC[C@H]1CC[C@H](C2CCC(CCc3ccc(-c4ccc(Cl)cc4)cc3)CC2)CC1. The molecule has 31 heavy (non-hydrogen) atoms. The molecule has 0 aromatic heterocycles. The van der Waals surface area contributed by atoms with Crippen LogP contribution in [0.4, 0.5) is 0 Å². The Hall–Kier alpha value is -1.53. The zero-order chi connectivity index (χ0) is 21.5. The van der Waals surface area contributed by atoms with Crippen LogP contribution < -0.4 is 0 Å². The van der Waals surface area contributed by atoms with Gasteiger partial charge in [-0.25, -0.2) is 0 Å². The summed E-state index contributed by atoms with van der Waals surface area (Å²) in [5, 5.41) is 0.797. The van der Waals surface area contributed by atoms with E-state index in [0.29, 0.717) is 0 Å². The standard InChI is InChI=1S/C30H39Cl/c1-2-3-4-23-7-13-26(14-8-23)27-15-9-24(10-16-27)5-6-25-11-17-28(18-12-25)29-19-21-30(31)22-20-29/h2,11-12,17-24,26-27H,1,3-10,13-16H2/t23-,24?,26-,27?. The van der Waals surface area contributed by atoms with Crippen molar-refractivity contribution in [2.45, 2.75) is 77.0 Å². The average Bonchev–Trinajstić information content (AvgIpc) is 2.83. The molecule has 2 aromatic rings. The summed E-state index contributed by atoms with van der Waals surface area (Å²) >= 11 is 6.01. The van der Waals surface area contributed by atoms with Crippen molar-refractivity contribution in [1.29, 1.82) is 0 Å². The molecule has 0 unspecified atom stereocenters. The molecule has 2 aliphatic carbocycles. The molecule has 0 aliphatic heterocycles. The molecular formula is C30H39Cl. The van der Waals surface area contributed by atoms with E-state index in [1.807, 2.05) is 12.1 Å². The summed E-state index contributed by atoms with van der Waals surface area (Å²) in [6, 6.07) is 17.3. The van der Waals surface area contributed by atoms with Crippen molar-refractivity contribution in [2.75, 3.05) is 0 Å². The summed E-state index contributed by atoms with van der Waals surface area (Å²) in [5.74, 6) is 3.98. The topological polar surface area (TPSA) is 0 Å². The summed E-state index contributed by atoms with van der Waals surface area (Å²) in [6.45, 7) is 3.89. The van der Waals surface area contributed by atoms with Crippen molar-refractivity contribution in [2.24, 2.45) is 23.7 Å². The molecule has 0 N–H and O–H groups in total. The van der Waals surface area contributed by atoms with Gasteiger partial charge < -0.3 is 0 Å². The molecule has 2 aromatic carbocycles. The summed E-state index contributed by atoms with van der Waals surface area (Å²) in [6.07, 6.45) is 19.1. The van der Waals surface area contributed by atoms with Gasteiger partial charge in [0.2, 0.25) is 0 Å². The first-order valence-electron chi connectivity index (χ1n) is 12.7. The maximum Gasteiger partial charge on any atom is 0.0406 e. The highest BCUT2D eigenvalue weighted by atomic mass is 35.5. The number of rotatable bonds is 8. The van der Waals surface area contributed by atoms with Gasteiger partial charge in [0.25, 0.3) is 0 Å². The third kappa shape index (κ3) is 6.48. The fourth-order valence-electron chi connectivity index (χ4n) is 6.13. The van der Waals surface area contributed by atoms with Crippen LogP contribution in [0.15, 0.2) is 61.2 Å². The Balaban J connectivity index is 1.18. The van der Waals surface area contributed by atoms with Crippen molar-refractivity contribution in [1.82, 2.24) is 0 Å². The van der Waals surface area contributed by atoms with Gasteiger partial charge in [0.05, 0.1) is 0 Å². The largest absolute Gasteiger partial charge is 0.103 e. The molecule has 2 saturated carbocycles. The van der Waals surface area contributed by atoms with Crippen molar-refractivity contribution in [3.8, 4) is 11.1 Å². The molecule has 0 saturated heterocycles. The first kappa shape index (κ1) is 22.7. The van der Waals surface area contributed by atoms with E-state index in [1.54, 1.807) is 0 Å². The average molecular weight is 435 g/mol. The monoisotopic (exact) mass is 434 g/mol. The fraction of sp³-hybridized carbons (Fsp3) is 0.533. The van der Waals surface area contributed by atoms with Gasteiger partial charge in [0, 0.05) is 5.02 Å². The Bertz CT molecular complexity index is 787. The molecule has 0 bridgehead atoms. The first-order valence-corrected chi connectivity index (χ1v) is 13.0. The summed E-state index contributed by atoms with van der Waals surface area (Å²) in [7, 11) is 0. The first-order chi connectivity index (χ1) is 15.2. The molecule has 0 spiro atoms. The number of benzene rings is 2. The smallest absolute Gasteiger partial charge is 0.0406 e. The Morgan fingerprint density at radius 3 is 1.68 bits per heavy atom. The van der Waals surface area contributed by atoms with Crippen LogP contribution >= 0.6 is 11.6 Å². The van der Waals surface area contributed by atoms with Crippen LogP contribution in [0.25, 0.3) is 11.1 Å². The van der Waals surface area contributed by atoms with Gasteiger partial charge in [-0.05, 0) is 104 Å². The lowest BCUT2D eigenvalue weighted by Crippen LogP contribution is -2.26. The predicted octanol–water partition coefficient (Wildman–Crippen LogP) is 9.52. The van der Waals surface area contributed by atoms with Crippen LogP contribution in [0.3, 0.4) is 0 Å². The van der Waals surface area contributed by atoms with Crippen LogP contribution in [0.2, 0.25) is 5.02 Å². The highest BCUT2D eigenvalue weighted by Gasteiger charge is 2.30. The number of hydrogen-bond donors (Lipinski definition) is 0. The number of hydrogen-bond acceptors (Lipinski definition) is 0. The summed E-state index contributed by atoms with van der Waals surface area (Å²) < 4.78 is 0. The van der Waals surface area contributed by atoms with Crippen molar-refractivity contribution >= 4 is 11.6 Å². The maximum atomic E-state index is 6.01. The van der Waals surface area contributed by atoms with Crippen LogP contribution in [0.1, 0.15) is 76.2 Å². The fourth-order valence-corrected chi connectivity index (χ4v) is 6.25. The zero-order valence-electron chi connectivity index (χ0n) is 19.1. The van der Waals surface area contributed by atoms with E-state index in [9.17, 15) is 0 Å². The Labute approximate surface area is 195 Å². The predicted molar refractivity (Wildman–Crippen MR) is 136 cm³/mol. The van der Waals surface area contributed by atoms with Crippen LogP contribution in [0, 0.1) is 23.7 Å². The minimum atomic E-state index is 0.797. The Kier molecular flexibility index (Phi) is 8.31. The van der Waals surface area contributed by atoms with Gasteiger partial charge in [0.1, 0.15) is 0 Å². The lowest BCUT2D eigenvalue weighted by atomic mass is 9.68. The number of aryl methyl sites for hydroxylation is 1. The Morgan fingerprint density at radius 2 is 1.16 bits per heavy atom. The molecule has 2 aliphatic rings. The van der Waals surface area contributed by atoms with E-state index in [1.165, 1.54) is 93.7 Å². The molecule has 0 radical (unpaired) electrons. The van der Waals surface area contributed by atoms with Gasteiger partial charge >= 0.3 is 0 Å². The van der Waals surface area contributed by atoms with E-state index in [2.05, 4.69) is 49.1 Å². The molecule has 2 fully saturated rings. The third-order valence-electron chi connectivity index (χ3n) is 8.20. The minimum absolute atomic E-state index is 0.797. The normalized spacial score (nSPS) is 26.5. The van der Waals surface area contributed by atoms with E-state index >= 15 is 0 Å². The zero-order valence-corrected chi connectivity index (χ0v) is 19.8. The second-order valence-electron chi connectivity index (χ2n) is 10.2. The van der Waals surface area contributed by atoms with Gasteiger partial charge in [0.15, 0.2) is 0 Å². The minimum Gasteiger partial charge on any atom is -0.103 e. The lowest BCUT2D eigenvalue weighted by molar-refractivity contribution is 0.141. The quantitative estimate of drug-likeness (QED) is 0.362. The van der Waals surface area contributed by atoms with Gasteiger partial charge in [-0.3, -0.25) is 0 Å². The molecule has 4 rings (SSSR count). The molecule has 0 heterocycles. The van der Waals surface area contributed by atoms with Crippen molar-refractivity contribution in [3.63, 3.8) is 0 Å².